The van der Waals surface area contributed by atoms with Crippen LogP contribution in [0.3, 0.4) is 0 Å². The zero-order valence-electron chi connectivity index (χ0n) is 9.97. The van der Waals surface area contributed by atoms with E-state index in [0.29, 0.717) is 11.5 Å². The van der Waals surface area contributed by atoms with E-state index in [1.165, 1.54) is 6.92 Å². The number of carbonyl (C=O) groups is 1. The third-order valence-corrected chi connectivity index (χ3v) is 2.12. The average molecular weight is 265 g/mol. The molecule has 102 valence electrons. The topological polar surface area (TPSA) is 67.2 Å². The highest BCUT2D eigenvalue weighted by Crippen LogP contribution is 2.12. The normalized spacial score (nSPS) is 13.4. The molecule has 18 heavy (non-hydrogen) atoms. The Morgan fingerprint density at radius 1 is 1.56 bits per heavy atom. The van der Waals surface area contributed by atoms with E-state index in [2.05, 4.69) is 10.5 Å². The van der Waals surface area contributed by atoms with Crippen LogP contribution in [0.2, 0.25) is 0 Å². The molecule has 0 saturated carbocycles. The molecule has 1 aromatic rings. The summed E-state index contributed by atoms with van der Waals surface area (Å²) in [4.78, 5) is 11.3. The Balaban J connectivity index is 2.32. The molecule has 1 aromatic heterocycles. The molecule has 0 bridgehead atoms. The molecule has 1 amide bonds. The average Bonchev–Trinajstić information content (AvgIpc) is 2.67. The standard InChI is InChI=1S/C10H14F3N3O2/c1-6-3-8(16-18-6)4-14-7(2)9(17)15-5-10(11,12)13/h3,7,14H,4-5H2,1-2H3,(H,15,17). The first kappa shape index (κ1) is 14.5. The highest BCUT2D eigenvalue weighted by molar-refractivity contribution is 5.81. The Morgan fingerprint density at radius 3 is 2.72 bits per heavy atom. The highest BCUT2D eigenvalue weighted by atomic mass is 19.4. The number of nitrogens with zero attached hydrogens (tertiary/aromatic N) is 1. The van der Waals surface area contributed by atoms with Gasteiger partial charge in [-0.1, -0.05) is 5.16 Å². The second kappa shape index (κ2) is 5.85. The number of amides is 1. The summed E-state index contributed by atoms with van der Waals surface area (Å²) in [5, 5.41) is 8.22. The number of rotatable bonds is 5. The molecule has 8 heteroatoms. The van der Waals surface area contributed by atoms with Gasteiger partial charge in [-0.2, -0.15) is 13.2 Å². The Labute approximate surface area is 102 Å². The van der Waals surface area contributed by atoms with E-state index in [-0.39, 0.29) is 6.54 Å². The van der Waals surface area contributed by atoms with Gasteiger partial charge in [-0.05, 0) is 13.8 Å². The van der Waals surface area contributed by atoms with E-state index in [1.807, 2.05) is 0 Å². The summed E-state index contributed by atoms with van der Waals surface area (Å²) in [7, 11) is 0. The van der Waals surface area contributed by atoms with Crippen LogP contribution in [0.25, 0.3) is 0 Å². The van der Waals surface area contributed by atoms with Gasteiger partial charge in [-0.25, -0.2) is 0 Å². The summed E-state index contributed by atoms with van der Waals surface area (Å²) in [6, 6.07) is 0.928. The minimum atomic E-state index is -4.40. The fraction of sp³-hybridized carbons (Fsp3) is 0.600. The summed E-state index contributed by atoms with van der Waals surface area (Å²) in [5.74, 6) is -0.0893. The second-order valence-corrected chi connectivity index (χ2v) is 3.86. The number of halogens is 3. The van der Waals surface area contributed by atoms with Crippen LogP contribution in [0.5, 0.6) is 0 Å². The first-order valence-electron chi connectivity index (χ1n) is 5.28. The van der Waals surface area contributed by atoms with E-state index >= 15 is 0 Å². The van der Waals surface area contributed by atoms with Gasteiger partial charge in [0.1, 0.15) is 12.3 Å². The maximum atomic E-state index is 11.9. The maximum absolute atomic E-state index is 11.9. The molecule has 0 saturated heterocycles. The van der Waals surface area contributed by atoms with E-state index in [9.17, 15) is 18.0 Å². The molecule has 0 aliphatic rings. The smallest absolute Gasteiger partial charge is 0.361 e. The number of aromatic nitrogens is 1. The lowest BCUT2D eigenvalue weighted by molar-refractivity contribution is -0.139. The molecule has 0 aliphatic carbocycles. The van der Waals surface area contributed by atoms with E-state index in [0.717, 1.165) is 0 Å². The molecule has 1 atom stereocenters. The molecular formula is C10H14F3N3O2. The van der Waals surface area contributed by atoms with Crippen molar-refractivity contribution < 1.29 is 22.5 Å². The highest BCUT2D eigenvalue weighted by Gasteiger charge is 2.28. The van der Waals surface area contributed by atoms with Crippen LogP contribution in [0.15, 0.2) is 10.6 Å². The zero-order valence-corrected chi connectivity index (χ0v) is 9.97. The van der Waals surface area contributed by atoms with Crippen LogP contribution in [0.4, 0.5) is 13.2 Å². The fourth-order valence-electron chi connectivity index (χ4n) is 1.19. The van der Waals surface area contributed by atoms with Gasteiger partial charge < -0.3 is 15.2 Å². The third-order valence-electron chi connectivity index (χ3n) is 2.12. The van der Waals surface area contributed by atoms with Crippen molar-refractivity contribution in [1.82, 2.24) is 15.8 Å². The van der Waals surface area contributed by atoms with Gasteiger partial charge in [0.15, 0.2) is 0 Å². The largest absolute Gasteiger partial charge is 0.405 e. The van der Waals surface area contributed by atoms with Crippen LogP contribution in [-0.4, -0.2) is 29.8 Å². The quantitative estimate of drug-likeness (QED) is 0.837. The van der Waals surface area contributed by atoms with Gasteiger partial charge in [0.2, 0.25) is 5.91 Å². The monoisotopic (exact) mass is 265 g/mol. The number of hydrogen-bond acceptors (Lipinski definition) is 4. The van der Waals surface area contributed by atoms with E-state index < -0.39 is 24.7 Å². The van der Waals surface area contributed by atoms with Crippen molar-refractivity contribution in [1.29, 1.82) is 0 Å². The van der Waals surface area contributed by atoms with E-state index in [1.54, 1.807) is 18.3 Å². The Morgan fingerprint density at radius 2 is 2.22 bits per heavy atom. The maximum Gasteiger partial charge on any atom is 0.405 e. The minimum Gasteiger partial charge on any atom is -0.361 e. The van der Waals surface area contributed by atoms with Crippen molar-refractivity contribution in [2.75, 3.05) is 6.54 Å². The third kappa shape index (κ3) is 5.17. The lowest BCUT2D eigenvalue weighted by Gasteiger charge is -2.14. The molecule has 0 spiro atoms. The van der Waals surface area contributed by atoms with Crippen molar-refractivity contribution in [2.24, 2.45) is 0 Å². The van der Waals surface area contributed by atoms with Crippen molar-refractivity contribution in [2.45, 2.75) is 32.6 Å². The van der Waals surface area contributed by atoms with Gasteiger partial charge >= 0.3 is 6.18 Å². The SMILES string of the molecule is Cc1cc(CNC(C)C(=O)NCC(F)(F)F)no1. The molecule has 0 aliphatic heterocycles. The van der Waals surface area contributed by atoms with Crippen molar-refractivity contribution in [3.8, 4) is 0 Å². The Bertz CT molecular complexity index is 403. The first-order chi connectivity index (χ1) is 8.28. The molecule has 1 heterocycles. The Hall–Kier alpha value is -1.57. The number of alkyl halides is 3. The predicted octanol–water partition coefficient (Wildman–Crippen LogP) is 1.14. The number of carbonyl (C=O) groups excluding carboxylic acids is 1. The molecule has 1 unspecified atom stereocenters. The molecule has 0 fully saturated rings. The van der Waals surface area contributed by atoms with Gasteiger partial charge in [0.05, 0.1) is 11.7 Å². The van der Waals surface area contributed by atoms with Gasteiger partial charge in [-0.3, -0.25) is 4.79 Å². The number of aryl methyl sites for hydroxylation is 1. The minimum absolute atomic E-state index is 0.248. The summed E-state index contributed by atoms with van der Waals surface area (Å²) in [6.07, 6.45) is -4.40. The molecular weight excluding hydrogens is 251 g/mol. The first-order valence-corrected chi connectivity index (χ1v) is 5.28. The van der Waals surface area contributed by atoms with Crippen LogP contribution >= 0.6 is 0 Å². The summed E-state index contributed by atoms with van der Waals surface area (Å²) in [6.45, 7) is 2.10. The molecule has 2 N–H and O–H groups in total. The summed E-state index contributed by atoms with van der Waals surface area (Å²) >= 11 is 0. The van der Waals surface area contributed by atoms with Gasteiger partial charge in [0.25, 0.3) is 0 Å². The van der Waals surface area contributed by atoms with E-state index in [4.69, 9.17) is 4.52 Å². The lowest BCUT2D eigenvalue weighted by atomic mass is 10.3. The van der Waals surface area contributed by atoms with Crippen LogP contribution in [-0.2, 0) is 11.3 Å². The fourth-order valence-corrected chi connectivity index (χ4v) is 1.19. The van der Waals surface area contributed by atoms with Crippen molar-refractivity contribution >= 4 is 5.91 Å². The molecule has 1 rings (SSSR count). The van der Waals surface area contributed by atoms with Crippen molar-refractivity contribution in [3.63, 3.8) is 0 Å². The number of hydrogen-bond donors (Lipinski definition) is 2. The van der Waals surface area contributed by atoms with Crippen molar-refractivity contribution in [3.05, 3.63) is 17.5 Å². The second-order valence-electron chi connectivity index (χ2n) is 3.86. The Kier molecular flexibility index (Phi) is 4.71. The van der Waals surface area contributed by atoms with Crippen LogP contribution < -0.4 is 10.6 Å². The van der Waals surface area contributed by atoms with Crippen LogP contribution in [0.1, 0.15) is 18.4 Å². The molecule has 5 nitrogen and oxygen atoms in total. The molecule has 0 aromatic carbocycles. The van der Waals surface area contributed by atoms with Gasteiger partial charge in [-0.15, -0.1) is 0 Å². The predicted molar refractivity (Wildman–Crippen MR) is 56.6 cm³/mol. The summed E-state index contributed by atoms with van der Waals surface area (Å²) in [5.41, 5.74) is 0.586. The summed E-state index contributed by atoms with van der Waals surface area (Å²) < 4.78 is 40.4. The zero-order chi connectivity index (χ0) is 13.8. The number of nitrogens with one attached hydrogen (secondary N) is 2. The lowest BCUT2D eigenvalue weighted by Crippen LogP contribution is -2.45. The molecule has 0 radical (unpaired) electrons. The van der Waals surface area contributed by atoms with Gasteiger partial charge in [0, 0.05) is 12.6 Å². The van der Waals surface area contributed by atoms with Crippen LogP contribution in [0, 0.1) is 6.92 Å².